The van der Waals surface area contributed by atoms with Crippen molar-refractivity contribution in [2.45, 2.75) is 32.9 Å². The van der Waals surface area contributed by atoms with E-state index in [2.05, 4.69) is 58.3 Å². The molecule has 1 N–H and O–H groups in total. The van der Waals surface area contributed by atoms with E-state index in [9.17, 15) is 0 Å². The Bertz CT molecular complexity index is 752. The average Bonchev–Trinajstić information content (AvgIpc) is 3.27. The van der Waals surface area contributed by atoms with Gasteiger partial charge < -0.3 is 19.9 Å². The van der Waals surface area contributed by atoms with Crippen LogP contribution in [0.4, 0.5) is 5.82 Å². The zero-order valence-corrected chi connectivity index (χ0v) is 17.2. The third kappa shape index (κ3) is 5.38. The number of nitrogens with one attached hydrogen (secondary N) is 1. The van der Waals surface area contributed by atoms with Crippen molar-refractivity contribution in [1.29, 1.82) is 0 Å². The zero-order valence-electron chi connectivity index (χ0n) is 17.2. The van der Waals surface area contributed by atoms with Crippen molar-refractivity contribution in [2.24, 2.45) is 4.99 Å². The molecule has 3 rings (SSSR count). The maximum atomic E-state index is 5.23. The zero-order chi connectivity index (χ0) is 19.8. The first kappa shape index (κ1) is 20.0. The molecule has 1 fully saturated rings. The maximum Gasteiger partial charge on any atom is 0.194 e. The van der Waals surface area contributed by atoms with E-state index in [0.717, 1.165) is 49.3 Å². The van der Waals surface area contributed by atoms with Gasteiger partial charge in [0.15, 0.2) is 5.96 Å². The molecule has 0 aliphatic carbocycles. The second-order valence-corrected chi connectivity index (χ2v) is 7.09. The number of benzene rings is 1. The molecule has 1 aliphatic rings. The van der Waals surface area contributed by atoms with E-state index < -0.39 is 0 Å². The van der Waals surface area contributed by atoms with E-state index in [1.807, 2.05) is 18.3 Å². The number of ether oxygens (including phenoxy) is 1. The second kappa shape index (κ2) is 9.97. The van der Waals surface area contributed by atoms with E-state index in [4.69, 9.17) is 9.73 Å². The minimum atomic E-state index is 0.614. The first-order valence-corrected chi connectivity index (χ1v) is 10.0. The highest BCUT2D eigenvalue weighted by Gasteiger charge is 2.13. The summed E-state index contributed by atoms with van der Waals surface area (Å²) >= 11 is 0. The maximum absolute atomic E-state index is 5.23. The predicted molar refractivity (Wildman–Crippen MR) is 115 cm³/mol. The standard InChI is InChI=1S/C22H31N5O/c1-4-23-22(26(2)17-18-7-10-20(28-3)11-8-18)25-16-19-9-12-21(24-15-19)27-13-5-6-14-27/h7-12,15H,4-6,13-14,16-17H2,1-3H3,(H,23,25). The van der Waals surface area contributed by atoms with Crippen molar-refractivity contribution >= 4 is 11.8 Å². The lowest BCUT2D eigenvalue weighted by atomic mass is 10.2. The molecular weight excluding hydrogens is 350 g/mol. The first-order valence-electron chi connectivity index (χ1n) is 10.0. The molecule has 2 heterocycles. The third-order valence-electron chi connectivity index (χ3n) is 4.93. The molecule has 6 nitrogen and oxygen atoms in total. The van der Waals surface area contributed by atoms with Crippen LogP contribution < -0.4 is 15.0 Å². The predicted octanol–water partition coefficient (Wildman–Crippen LogP) is 3.29. The van der Waals surface area contributed by atoms with Crippen molar-refractivity contribution in [1.82, 2.24) is 15.2 Å². The number of methoxy groups -OCH3 is 1. The smallest absolute Gasteiger partial charge is 0.194 e. The van der Waals surface area contributed by atoms with E-state index in [-0.39, 0.29) is 0 Å². The number of hydrogen-bond donors (Lipinski definition) is 1. The molecule has 28 heavy (non-hydrogen) atoms. The summed E-state index contributed by atoms with van der Waals surface area (Å²) in [4.78, 5) is 13.9. The molecule has 1 aliphatic heterocycles. The molecule has 1 aromatic carbocycles. The molecule has 2 aromatic rings. The molecule has 0 saturated carbocycles. The van der Waals surface area contributed by atoms with Crippen LogP contribution in [-0.4, -0.2) is 49.6 Å². The van der Waals surface area contributed by atoms with Crippen LogP contribution in [-0.2, 0) is 13.1 Å². The number of guanidine groups is 1. The number of aliphatic imine (C=N–C) groups is 1. The molecule has 0 radical (unpaired) electrons. The van der Waals surface area contributed by atoms with Crippen LogP contribution in [0.5, 0.6) is 5.75 Å². The molecule has 1 saturated heterocycles. The summed E-state index contributed by atoms with van der Waals surface area (Å²) in [6.45, 7) is 6.54. The van der Waals surface area contributed by atoms with Crippen LogP contribution >= 0.6 is 0 Å². The molecule has 0 unspecified atom stereocenters. The van der Waals surface area contributed by atoms with Crippen molar-refractivity contribution in [2.75, 3.05) is 38.7 Å². The van der Waals surface area contributed by atoms with Gasteiger partial charge in [-0.25, -0.2) is 9.98 Å². The number of nitrogens with zero attached hydrogens (tertiary/aromatic N) is 4. The quantitative estimate of drug-likeness (QED) is 0.589. The highest BCUT2D eigenvalue weighted by Crippen LogP contribution is 2.18. The number of rotatable bonds is 7. The lowest BCUT2D eigenvalue weighted by Crippen LogP contribution is -2.38. The molecule has 1 aromatic heterocycles. The SMILES string of the molecule is CCNC(=NCc1ccc(N2CCCC2)nc1)N(C)Cc1ccc(OC)cc1. The van der Waals surface area contributed by atoms with Gasteiger partial charge in [0.05, 0.1) is 13.7 Å². The summed E-state index contributed by atoms with van der Waals surface area (Å²) in [5.41, 5.74) is 2.33. The van der Waals surface area contributed by atoms with Crippen molar-refractivity contribution in [3.05, 3.63) is 53.7 Å². The number of aromatic nitrogens is 1. The fraction of sp³-hybridized carbons (Fsp3) is 0.455. The Balaban J connectivity index is 1.62. The highest BCUT2D eigenvalue weighted by molar-refractivity contribution is 5.79. The fourth-order valence-corrected chi connectivity index (χ4v) is 3.36. The van der Waals surface area contributed by atoms with Crippen molar-refractivity contribution < 1.29 is 4.74 Å². The van der Waals surface area contributed by atoms with Gasteiger partial charge in [0.25, 0.3) is 0 Å². The van der Waals surface area contributed by atoms with E-state index >= 15 is 0 Å². The Labute approximate surface area is 168 Å². The summed E-state index contributed by atoms with van der Waals surface area (Å²) in [5, 5.41) is 3.37. The van der Waals surface area contributed by atoms with Gasteiger partial charge in [-0.15, -0.1) is 0 Å². The summed E-state index contributed by atoms with van der Waals surface area (Å²) < 4.78 is 5.23. The molecule has 6 heteroatoms. The average molecular weight is 382 g/mol. The van der Waals surface area contributed by atoms with Crippen LogP contribution in [0.2, 0.25) is 0 Å². The monoisotopic (exact) mass is 381 g/mol. The topological polar surface area (TPSA) is 53.0 Å². The Morgan fingerprint density at radius 2 is 1.86 bits per heavy atom. The van der Waals surface area contributed by atoms with Crippen LogP contribution in [0.25, 0.3) is 0 Å². The molecule has 150 valence electrons. The largest absolute Gasteiger partial charge is 0.497 e. The fourth-order valence-electron chi connectivity index (χ4n) is 3.36. The molecule has 0 spiro atoms. The van der Waals surface area contributed by atoms with Crippen LogP contribution in [0.1, 0.15) is 30.9 Å². The minimum absolute atomic E-state index is 0.614. The van der Waals surface area contributed by atoms with E-state index in [0.29, 0.717) is 6.54 Å². The van der Waals surface area contributed by atoms with Gasteiger partial charge >= 0.3 is 0 Å². The molecule has 0 bridgehead atoms. The normalized spacial score (nSPS) is 14.2. The van der Waals surface area contributed by atoms with E-state index in [1.54, 1.807) is 7.11 Å². The van der Waals surface area contributed by atoms with Gasteiger partial charge in [-0.1, -0.05) is 18.2 Å². The first-order chi connectivity index (χ1) is 13.7. The Kier molecular flexibility index (Phi) is 7.12. The van der Waals surface area contributed by atoms with Crippen molar-refractivity contribution in [3.63, 3.8) is 0 Å². The summed E-state index contributed by atoms with van der Waals surface area (Å²) in [7, 11) is 3.74. The van der Waals surface area contributed by atoms with Crippen LogP contribution in [0.3, 0.4) is 0 Å². The highest BCUT2D eigenvalue weighted by atomic mass is 16.5. The lowest BCUT2D eigenvalue weighted by molar-refractivity contribution is 0.414. The Morgan fingerprint density at radius 1 is 1.14 bits per heavy atom. The number of anilines is 1. The van der Waals surface area contributed by atoms with Crippen molar-refractivity contribution in [3.8, 4) is 5.75 Å². The summed E-state index contributed by atoms with van der Waals surface area (Å²) in [6, 6.07) is 12.4. The second-order valence-electron chi connectivity index (χ2n) is 7.09. The Hall–Kier alpha value is -2.76. The summed E-state index contributed by atoms with van der Waals surface area (Å²) in [6.07, 6.45) is 4.48. The van der Waals surface area contributed by atoms with Crippen LogP contribution in [0, 0.1) is 0 Å². The van der Waals surface area contributed by atoms with Gasteiger partial charge in [0, 0.05) is 39.4 Å². The van der Waals surface area contributed by atoms with Gasteiger partial charge in [0.1, 0.15) is 11.6 Å². The van der Waals surface area contributed by atoms with Gasteiger partial charge in [-0.2, -0.15) is 0 Å². The summed E-state index contributed by atoms with van der Waals surface area (Å²) in [5.74, 6) is 2.84. The molecule has 0 amide bonds. The number of hydrogen-bond acceptors (Lipinski definition) is 4. The van der Waals surface area contributed by atoms with Gasteiger partial charge in [-0.3, -0.25) is 0 Å². The lowest BCUT2D eigenvalue weighted by Gasteiger charge is -2.22. The minimum Gasteiger partial charge on any atom is -0.497 e. The number of pyridine rings is 1. The van der Waals surface area contributed by atoms with Gasteiger partial charge in [0.2, 0.25) is 0 Å². The molecule has 0 atom stereocenters. The third-order valence-corrected chi connectivity index (χ3v) is 4.93. The van der Waals surface area contributed by atoms with E-state index in [1.165, 1.54) is 18.4 Å². The van der Waals surface area contributed by atoms with Gasteiger partial charge in [-0.05, 0) is 49.1 Å². The molecular formula is C22H31N5O. The van der Waals surface area contributed by atoms with Crippen LogP contribution in [0.15, 0.2) is 47.6 Å². The Morgan fingerprint density at radius 3 is 2.46 bits per heavy atom.